The van der Waals surface area contributed by atoms with Crippen molar-refractivity contribution in [2.75, 3.05) is 0 Å². The third-order valence-corrected chi connectivity index (χ3v) is 4.07. The molecule has 0 aromatic heterocycles. The Morgan fingerprint density at radius 2 is 1.96 bits per heavy atom. The fourth-order valence-electron chi connectivity index (χ4n) is 2.02. The Bertz CT molecular complexity index is 857. The molecule has 0 atom stereocenters. The molecule has 2 rings (SSSR count). The third-order valence-electron chi connectivity index (χ3n) is 3.37. The minimum atomic E-state index is -0.630. The molecular weight excluding hydrogens is 350 g/mol. The van der Waals surface area contributed by atoms with Crippen LogP contribution in [0.25, 0.3) is 6.08 Å². The van der Waals surface area contributed by atoms with Gasteiger partial charge >= 0.3 is 0 Å². The summed E-state index contributed by atoms with van der Waals surface area (Å²) in [6.07, 6.45) is 1.15. The first kappa shape index (κ1) is 18.0. The number of nitriles is 1. The van der Waals surface area contributed by atoms with Gasteiger partial charge in [-0.3, -0.25) is 4.79 Å². The predicted octanol–water partition coefficient (Wildman–Crippen LogP) is 4.66. The second-order valence-electron chi connectivity index (χ2n) is 5.04. The van der Waals surface area contributed by atoms with Gasteiger partial charge in [-0.2, -0.15) is 5.26 Å². The smallest absolute Gasteiger partial charge is 0.262 e. The Labute approximate surface area is 149 Å². The summed E-state index contributed by atoms with van der Waals surface area (Å²) in [4.78, 5) is 12.2. The van der Waals surface area contributed by atoms with Gasteiger partial charge < -0.3 is 5.32 Å². The number of benzene rings is 2. The van der Waals surface area contributed by atoms with E-state index in [0.717, 1.165) is 6.08 Å². The van der Waals surface area contributed by atoms with Crippen LogP contribution in [0.3, 0.4) is 0 Å². The Balaban J connectivity index is 2.23. The highest BCUT2D eigenvalue weighted by Gasteiger charge is 2.14. The van der Waals surface area contributed by atoms with Crippen LogP contribution in [0.5, 0.6) is 0 Å². The summed E-state index contributed by atoms with van der Waals surface area (Å²) < 4.78 is 14.1. The molecule has 0 unspecified atom stereocenters. The van der Waals surface area contributed by atoms with E-state index in [2.05, 4.69) is 5.32 Å². The number of hydrogen-bond acceptors (Lipinski definition) is 2. The molecule has 122 valence electrons. The first-order valence-electron chi connectivity index (χ1n) is 7.02. The summed E-state index contributed by atoms with van der Waals surface area (Å²) in [5.41, 5.74) is 0.860. The Morgan fingerprint density at radius 1 is 1.25 bits per heavy atom. The molecule has 24 heavy (non-hydrogen) atoms. The topological polar surface area (TPSA) is 52.9 Å². The lowest BCUT2D eigenvalue weighted by atomic mass is 10.1. The van der Waals surface area contributed by atoms with Crippen molar-refractivity contribution >= 4 is 35.2 Å². The van der Waals surface area contributed by atoms with Gasteiger partial charge in [0.2, 0.25) is 0 Å². The first-order chi connectivity index (χ1) is 11.4. The molecule has 0 saturated carbocycles. The van der Waals surface area contributed by atoms with Gasteiger partial charge in [0.1, 0.15) is 17.5 Å². The van der Waals surface area contributed by atoms with Gasteiger partial charge in [-0.05, 0) is 36.3 Å². The van der Waals surface area contributed by atoms with Crippen LogP contribution in [0.1, 0.15) is 16.7 Å². The summed E-state index contributed by atoms with van der Waals surface area (Å²) in [6, 6.07) is 11.8. The van der Waals surface area contributed by atoms with E-state index in [9.17, 15) is 14.4 Å². The fourth-order valence-corrected chi connectivity index (χ4v) is 2.42. The molecule has 0 spiro atoms. The van der Waals surface area contributed by atoms with E-state index < -0.39 is 11.7 Å². The standard InChI is InChI=1S/C18H13Cl2FN2O/c1-11-6-7-16(20)14(17(11)21)8-13(9-22)18(24)23-10-12-4-2-3-5-15(12)19/h2-8H,10H2,1H3,(H,23,24). The number of hydrogen-bond donors (Lipinski definition) is 1. The monoisotopic (exact) mass is 362 g/mol. The van der Waals surface area contributed by atoms with Crippen molar-refractivity contribution in [3.63, 3.8) is 0 Å². The van der Waals surface area contributed by atoms with Gasteiger partial charge in [-0.15, -0.1) is 0 Å². The molecule has 0 aliphatic rings. The van der Waals surface area contributed by atoms with Crippen LogP contribution in [0.15, 0.2) is 42.0 Å². The number of nitrogens with zero attached hydrogens (tertiary/aromatic N) is 1. The molecule has 0 fully saturated rings. The summed E-state index contributed by atoms with van der Waals surface area (Å²) in [5.74, 6) is -1.19. The maximum absolute atomic E-state index is 14.1. The highest BCUT2D eigenvalue weighted by molar-refractivity contribution is 6.32. The lowest BCUT2D eigenvalue weighted by Gasteiger charge is -2.07. The largest absolute Gasteiger partial charge is 0.347 e. The lowest BCUT2D eigenvalue weighted by Crippen LogP contribution is -2.24. The summed E-state index contributed by atoms with van der Waals surface area (Å²) in [7, 11) is 0. The first-order valence-corrected chi connectivity index (χ1v) is 7.77. The van der Waals surface area contributed by atoms with E-state index in [1.54, 1.807) is 37.3 Å². The zero-order valence-electron chi connectivity index (χ0n) is 12.7. The fraction of sp³-hybridized carbons (Fsp3) is 0.111. The van der Waals surface area contributed by atoms with Gasteiger partial charge in [0, 0.05) is 17.1 Å². The van der Waals surface area contributed by atoms with E-state index >= 15 is 0 Å². The zero-order valence-corrected chi connectivity index (χ0v) is 14.2. The number of halogens is 3. The van der Waals surface area contributed by atoms with Crippen molar-refractivity contribution in [1.29, 1.82) is 5.26 Å². The van der Waals surface area contributed by atoms with Crippen LogP contribution in [-0.4, -0.2) is 5.91 Å². The predicted molar refractivity (Wildman–Crippen MR) is 93.0 cm³/mol. The van der Waals surface area contributed by atoms with E-state index in [0.29, 0.717) is 16.1 Å². The molecule has 1 amide bonds. The van der Waals surface area contributed by atoms with E-state index in [-0.39, 0.29) is 22.7 Å². The average molecular weight is 363 g/mol. The van der Waals surface area contributed by atoms with Crippen LogP contribution >= 0.6 is 23.2 Å². The van der Waals surface area contributed by atoms with Crippen molar-refractivity contribution in [3.05, 3.63) is 74.5 Å². The zero-order chi connectivity index (χ0) is 17.7. The number of carbonyl (C=O) groups is 1. The molecule has 2 aromatic carbocycles. The Hall–Kier alpha value is -2.35. The molecule has 0 heterocycles. The molecule has 6 heteroatoms. The van der Waals surface area contributed by atoms with Crippen LogP contribution < -0.4 is 5.32 Å². The minimum Gasteiger partial charge on any atom is -0.347 e. The molecule has 1 N–H and O–H groups in total. The highest BCUT2D eigenvalue weighted by atomic mass is 35.5. The summed E-state index contributed by atoms with van der Waals surface area (Å²) >= 11 is 12.0. The molecule has 0 aliphatic carbocycles. The molecule has 0 bridgehead atoms. The van der Waals surface area contributed by atoms with Crippen LogP contribution in [-0.2, 0) is 11.3 Å². The maximum atomic E-state index is 14.1. The van der Waals surface area contributed by atoms with Crippen LogP contribution in [0.2, 0.25) is 10.0 Å². The third kappa shape index (κ3) is 4.14. The van der Waals surface area contributed by atoms with Crippen molar-refractivity contribution < 1.29 is 9.18 Å². The van der Waals surface area contributed by atoms with Gasteiger partial charge in [0.05, 0.1) is 5.02 Å². The van der Waals surface area contributed by atoms with Crippen molar-refractivity contribution in [2.45, 2.75) is 13.5 Å². The van der Waals surface area contributed by atoms with Crippen molar-refractivity contribution in [1.82, 2.24) is 5.32 Å². The van der Waals surface area contributed by atoms with E-state index in [1.165, 1.54) is 12.1 Å². The second kappa shape index (κ2) is 7.96. The summed E-state index contributed by atoms with van der Waals surface area (Å²) in [5, 5.41) is 12.4. The SMILES string of the molecule is Cc1ccc(Cl)c(C=C(C#N)C(=O)NCc2ccccc2Cl)c1F. The van der Waals surface area contributed by atoms with Gasteiger partial charge in [-0.1, -0.05) is 47.5 Å². The maximum Gasteiger partial charge on any atom is 0.262 e. The highest BCUT2D eigenvalue weighted by Crippen LogP contribution is 2.24. The second-order valence-corrected chi connectivity index (χ2v) is 5.85. The molecule has 0 aliphatic heterocycles. The normalized spacial score (nSPS) is 11.0. The number of carbonyl (C=O) groups excluding carboxylic acids is 1. The number of rotatable bonds is 4. The molecule has 0 saturated heterocycles. The lowest BCUT2D eigenvalue weighted by molar-refractivity contribution is -0.117. The number of aryl methyl sites for hydroxylation is 1. The Morgan fingerprint density at radius 3 is 2.62 bits per heavy atom. The quantitative estimate of drug-likeness (QED) is 0.634. The average Bonchev–Trinajstić information content (AvgIpc) is 2.57. The van der Waals surface area contributed by atoms with Crippen LogP contribution in [0.4, 0.5) is 4.39 Å². The number of nitrogens with one attached hydrogen (secondary N) is 1. The van der Waals surface area contributed by atoms with Crippen molar-refractivity contribution in [3.8, 4) is 6.07 Å². The molecule has 3 nitrogen and oxygen atoms in total. The van der Waals surface area contributed by atoms with Gasteiger partial charge in [-0.25, -0.2) is 4.39 Å². The van der Waals surface area contributed by atoms with Gasteiger partial charge in [0.15, 0.2) is 0 Å². The van der Waals surface area contributed by atoms with E-state index in [4.69, 9.17) is 23.2 Å². The number of amides is 1. The van der Waals surface area contributed by atoms with Crippen LogP contribution in [0, 0.1) is 24.1 Å². The molecule has 0 radical (unpaired) electrons. The van der Waals surface area contributed by atoms with Gasteiger partial charge in [0.25, 0.3) is 5.91 Å². The molecule has 2 aromatic rings. The summed E-state index contributed by atoms with van der Waals surface area (Å²) in [6.45, 7) is 1.73. The van der Waals surface area contributed by atoms with Crippen molar-refractivity contribution in [2.24, 2.45) is 0 Å². The minimum absolute atomic E-state index is 0.0149. The van der Waals surface area contributed by atoms with E-state index in [1.807, 2.05) is 0 Å². The Kier molecular flexibility index (Phi) is 5.97. The molecular formula is C18H13Cl2FN2O.